The summed E-state index contributed by atoms with van der Waals surface area (Å²) in [6.07, 6.45) is 1.59. The molecule has 1 aromatic carbocycles. The highest BCUT2D eigenvalue weighted by molar-refractivity contribution is 9.10. The number of aromatic nitrogens is 1. The van der Waals surface area contributed by atoms with Crippen molar-refractivity contribution in [3.8, 4) is 5.75 Å². The fourth-order valence-electron chi connectivity index (χ4n) is 1.40. The molecule has 2 N–H and O–H groups in total. The molecule has 0 atom stereocenters. The van der Waals surface area contributed by atoms with Crippen molar-refractivity contribution in [2.75, 3.05) is 0 Å². The van der Waals surface area contributed by atoms with Gasteiger partial charge in [0, 0.05) is 5.56 Å². The van der Waals surface area contributed by atoms with Crippen LogP contribution in [0.3, 0.4) is 0 Å². The summed E-state index contributed by atoms with van der Waals surface area (Å²) < 4.78 is 5.77. The number of nitrogens with zero attached hydrogens (tertiary/aromatic N) is 1. The zero-order valence-corrected chi connectivity index (χ0v) is 11.2. The highest BCUT2D eigenvalue weighted by Gasteiger charge is 2.09. The molecule has 1 amide bonds. The second-order valence-corrected chi connectivity index (χ2v) is 4.57. The lowest BCUT2D eigenvalue weighted by molar-refractivity contribution is 0.0946. The largest absolute Gasteiger partial charge is 0.507 e. The summed E-state index contributed by atoms with van der Waals surface area (Å²) in [6, 6.07) is 4.61. The molecule has 1 heterocycles. The molecule has 0 saturated carbocycles. The van der Waals surface area contributed by atoms with E-state index in [0.29, 0.717) is 21.7 Å². The lowest BCUT2D eigenvalue weighted by Gasteiger charge is -2.04. The molecule has 0 bridgehead atoms. The van der Waals surface area contributed by atoms with Crippen LogP contribution < -0.4 is 5.32 Å². The van der Waals surface area contributed by atoms with Crippen LogP contribution in [0.2, 0.25) is 0 Å². The van der Waals surface area contributed by atoms with Gasteiger partial charge in [0.2, 0.25) is 5.89 Å². The second kappa shape index (κ2) is 5.22. The lowest BCUT2D eigenvalue weighted by atomic mass is 10.2. The van der Waals surface area contributed by atoms with Gasteiger partial charge in [0.05, 0.1) is 17.2 Å². The van der Waals surface area contributed by atoms with Gasteiger partial charge in [-0.2, -0.15) is 0 Å². The number of phenolic OH excluding ortho intramolecular Hbond substituents is 1. The van der Waals surface area contributed by atoms with Crippen LogP contribution in [-0.2, 0) is 6.54 Å². The van der Waals surface area contributed by atoms with Gasteiger partial charge < -0.3 is 14.8 Å². The molecule has 0 unspecified atom stereocenters. The molecule has 0 aliphatic rings. The summed E-state index contributed by atoms with van der Waals surface area (Å²) in [4.78, 5) is 15.8. The van der Waals surface area contributed by atoms with Crippen molar-refractivity contribution in [2.24, 2.45) is 0 Å². The van der Waals surface area contributed by atoms with Crippen LogP contribution in [0.1, 0.15) is 22.0 Å². The molecule has 2 aromatic rings. The minimum absolute atomic E-state index is 0.0228. The number of hydrogen-bond donors (Lipinski definition) is 2. The highest BCUT2D eigenvalue weighted by Crippen LogP contribution is 2.24. The number of rotatable bonds is 3. The third-order valence-electron chi connectivity index (χ3n) is 2.28. The Labute approximate surface area is 112 Å². The van der Waals surface area contributed by atoms with Crippen molar-refractivity contribution in [1.29, 1.82) is 0 Å². The quantitative estimate of drug-likeness (QED) is 0.912. The lowest BCUT2D eigenvalue weighted by Crippen LogP contribution is -2.22. The first-order valence-electron chi connectivity index (χ1n) is 5.24. The van der Waals surface area contributed by atoms with Gasteiger partial charge in [0.25, 0.3) is 5.91 Å². The Bertz CT molecular complexity index is 580. The molecular weight excluding hydrogens is 300 g/mol. The number of carbonyl (C=O) groups is 1. The molecule has 18 heavy (non-hydrogen) atoms. The summed E-state index contributed by atoms with van der Waals surface area (Å²) in [5.74, 6) is 0.867. The highest BCUT2D eigenvalue weighted by atomic mass is 79.9. The van der Waals surface area contributed by atoms with E-state index in [9.17, 15) is 9.90 Å². The van der Waals surface area contributed by atoms with Gasteiger partial charge in [-0.1, -0.05) is 0 Å². The average molecular weight is 311 g/mol. The number of phenols is 1. The SMILES string of the molecule is Cc1cnc(CNC(=O)c2ccc(Br)c(O)c2)o1. The Morgan fingerprint density at radius 3 is 2.94 bits per heavy atom. The number of aryl methyl sites for hydroxylation is 1. The van der Waals surface area contributed by atoms with Crippen molar-refractivity contribution in [3.63, 3.8) is 0 Å². The van der Waals surface area contributed by atoms with E-state index in [2.05, 4.69) is 26.2 Å². The second-order valence-electron chi connectivity index (χ2n) is 3.71. The molecule has 2 rings (SSSR count). The van der Waals surface area contributed by atoms with Crippen LogP contribution in [0.5, 0.6) is 5.75 Å². The van der Waals surface area contributed by atoms with Crippen LogP contribution in [0.15, 0.2) is 33.3 Å². The van der Waals surface area contributed by atoms with Gasteiger partial charge in [0.1, 0.15) is 11.5 Å². The van der Waals surface area contributed by atoms with Crippen LogP contribution in [0, 0.1) is 6.92 Å². The number of oxazole rings is 1. The van der Waals surface area contributed by atoms with Crippen molar-refractivity contribution >= 4 is 21.8 Å². The van der Waals surface area contributed by atoms with Gasteiger partial charge >= 0.3 is 0 Å². The van der Waals surface area contributed by atoms with Crippen molar-refractivity contribution < 1.29 is 14.3 Å². The van der Waals surface area contributed by atoms with Crippen molar-refractivity contribution in [1.82, 2.24) is 10.3 Å². The van der Waals surface area contributed by atoms with E-state index in [0.717, 1.165) is 0 Å². The Morgan fingerprint density at radius 2 is 2.33 bits per heavy atom. The van der Waals surface area contributed by atoms with E-state index in [1.807, 2.05) is 0 Å². The Morgan fingerprint density at radius 1 is 1.56 bits per heavy atom. The minimum Gasteiger partial charge on any atom is -0.507 e. The predicted molar refractivity (Wildman–Crippen MR) is 68.2 cm³/mol. The molecule has 0 saturated heterocycles. The number of carbonyl (C=O) groups excluding carboxylic acids is 1. The summed E-state index contributed by atoms with van der Waals surface area (Å²) in [5.41, 5.74) is 0.374. The molecule has 6 heteroatoms. The number of halogens is 1. The molecule has 94 valence electrons. The Hall–Kier alpha value is -1.82. The fraction of sp³-hybridized carbons (Fsp3) is 0.167. The topological polar surface area (TPSA) is 75.4 Å². The minimum atomic E-state index is -0.298. The maximum absolute atomic E-state index is 11.8. The average Bonchev–Trinajstić information content (AvgIpc) is 2.75. The third kappa shape index (κ3) is 2.89. The first kappa shape index (κ1) is 12.6. The van der Waals surface area contributed by atoms with Gasteiger partial charge in [-0.15, -0.1) is 0 Å². The maximum atomic E-state index is 11.8. The predicted octanol–water partition coefficient (Wildman–Crippen LogP) is 2.38. The van der Waals surface area contributed by atoms with Gasteiger partial charge in [0.15, 0.2) is 0 Å². The number of hydrogen-bond acceptors (Lipinski definition) is 4. The molecule has 0 fully saturated rings. The molecule has 5 nitrogen and oxygen atoms in total. The van der Waals surface area contributed by atoms with Crippen LogP contribution >= 0.6 is 15.9 Å². The van der Waals surface area contributed by atoms with E-state index < -0.39 is 0 Å². The first-order chi connectivity index (χ1) is 8.56. The summed E-state index contributed by atoms with van der Waals surface area (Å²) in [6.45, 7) is 1.99. The van der Waals surface area contributed by atoms with Crippen molar-refractivity contribution in [3.05, 3.63) is 46.1 Å². The number of nitrogens with one attached hydrogen (secondary N) is 1. The van der Waals surface area contributed by atoms with E-state index in [1.54, 1.807) is 25.3 Å². The molecule has 0 aliphatic heterocycles. The summed E-state index contributed by atoms with van der Waals surface area (Å²) in [7, 11) is 0. The first-order valence-corrected chi connectivity index (χ1v) is 6.03. The fourth-order valence-corrected chi connectivity index (χ4v) is 1.64. The van der Waals surface area contributed by atoms with E-state index in [1.165, 1.54) is 6.07 Å². The zero-order valence-electron chi connectivity index (χ0n) is 9.61. The van der Waals surface area contributed by atoms with Crippen LogP contribution in [0.25, 0.3) is 0 Å². The van der Waals surface area contributed by atoms with E-state index in [-0.39, 0.29) is 18.2 Å². The van der Waals surface area contributed by atoms with Gasteiger partial charge in [-0.25, -0.2) is 4.98 Å². The molecule has 0 spiro atoms. The number of benzene rings is 1. The summed E-state index contributed by atoms with van der Waals surface area (Å²) in [5, 5.41) is 12.1. The maximum Gasteiger partial charge on any atom is 0.251 e. The standard InChI is InChI=1S/C12H11BrN2O3/c1-7-5-14-11(18-7)6-15-12(17)8-2-3-9(13)10(16)4-8/h2-5,16H,6H2,1H3,(H,15,17). The van der Waals surface area contributed by atoms with Crippen molar-refractivity contribution in [2.45, 2.75) is 13.5 Å². The van der Waals surface area contributed by atoms with Gasteiger partial charge in [-0.05, 0) is 41.1 Å². The van der Waals surface area contributed by atoms with E-state index >= 15 is 0 Å². The smallest absolute Gasteiger partial charge is 0.251 e. The summed E-state index contributed by atoms with van der Waals surface area (Å²) >= 11 is 3.15. The van der Waals surface area contributed by atoms with E-state index in [4.69, 9.17) is 4.42 Å². The zero-order chi connectivity index (χ0) is 13.1. The third-order valence-corrected chi connectivity index (χ3v) is 2.95. The molecule has 0 radical (unpaired) electrons. The monoisotopic (exact) mass is 310 g/mol. The normalized spacial score (nSPS) is 10.3. The molecule has 0 aliphatic carbocycles. The molecular formula is C12H11BrN2O3. The Kier molecular flexibility index (Phi) is 3.66. The number of aromatic hydroxyl groups is 1. The molecule has 1 aromatic heterocycles. The Balaban J connectivity index is 2.01. The van der Waals surface area contributed by atoms with Crippen LogP contribution in [-0.4, -0.2) is 16.0 Å². The van der Waals surface area contributed by atoms with Gasteiger partial charge in [-0.3, -0.25) is 4.79 Å². The van der Waals surface area contributed by atoms with Crippen LogP contribution in [0.4, 0.5) is 0 Å². The number of amides is 1.